The number of halogens is 1. The minimum absolute atomic E-state index is 0.00416. The molecular weight excluding hydrogens is 814 g/mol. The van der Waals surface area contributed by atoms with Crippen molar-refractivity contribution in [1.82, 2.24) is 15.0 Å². The summed E-state index contributed by atoms with van der Waals surface area (Å²) in [5.74, 6) is -1.19. The van der Waals surface area contributed by atoms with Crippen LogP contribution in [0.25, 0.3) is 21.5 Å². The van der Waals surface area contributed by atoms with Gasteiger partial charge in [-0.2, -0.15) is 36.9 Å². The van der Waals surface area contributed by atoms with Crippen LogP contribution in [0.4, 0.5) is 46.0 Å². The summed E-state index contributed by atoms with van der Waals surface area (Å²) in [4.78, 5) is 11.0. The van der Waals surface area contributed by atoms with Gasteiger partial charge in [0.15, 0.2) is 11.5 Å². The maximum Gasteiger partial charge on any atom is 0.297 e. The highest BCUT2D eigenvalue weighted by Crippen LogP contribution is 2.45. The molecule has 7 rings (SSSR count). The van der Waals surface area contributed by atoms with Gasteiger partial charge in [-0.1, -0.05) is 48.0 Å². The van der Waals surface area contributed by atoms with Crippen LogP contribution in [0.1, 0.15) is 5.56 Å². The number of hydrogen-bond acceptors (Lipinski definition) is 16. The van der Waals surface area contributed by atoms with E-state index in [4.69, 9.17) is 16.3 Å². The molecule has 0 spiro atoms. The van der Waals surface area contributed by atoms with E-state index in [1.54, 1.807) is 48.5 Å². The average molecular weight is 842 g/mol. The number of ether oxygens (including phenoxy) is 1. The van der Waals surface area contributed by atoms with Crippen molar-refractivity contribution in [2.24, 2.45) is 20.5 Å². The predicted molar refractivity (Wildman–Crippen MR) is 215 cm³/mol. The third-order valence-corrected chi connectivity index (χ3v) is 10.5. The number of nitrogens with zero attached hydrogens (tertiary/aromatic N) is 7. The highest BCUT2D eigenvalue weighted by molar-refractivity contribution is 7.86. The van der Waals surface area contributed by atoms with Crippen LogP contribution in [0.2, 0.25) is 5.28 Å². The van der Waals surface area contributed by atoms with Crippen molar-refractivity contribution in [3.8, 4) is 17.2 Å². The number of para-hydroxylation sites is 1. The van der Waals surface area contributed by atoms with Crippen LogP contribution >= 0.6 is 11.6 Å². The van der Waals surface area contributed by atoms with Crippen LogP contribution in [-0.2, 0) is 20.2 Å². The average Bonchev–Trinajstić information content (AvgIpc) is 3.17. The second-order valence-corrected chi connectivity index (χ2v) is 15.4. The Labute approximate surface area is 334 Å². The van der Waals surface area contributed by atoms with E-state index in [-0.39, 0.29) is 55.8 Å². The Morgan fingerprint density at radius 2 is 1.34 bits per heavy atom. The van der Waals surface area contributed by atoms with E-state index in [0.717, 1.165) is 11.6 Å². The monoisotopic (exact) mass is 841 g/mol. The molecule has 0 bridgehead atoms. The molecule has 18 nitrogen and oxygen atoms in total. The normalized spacial score (nSPS) is 12.2. The summed E-state index contributed by atoms with van der Waals surface area (Å²) in [5, 5.41) is 44.1. The Kier molecular flexibility index (Phi) is 10.6. The lowest BCUT2D eigenvalue weighted by Gasteiger charge is -2.15. The molecule has 21 heteroatoms. The zero-order valence-corrected chi connectivity index (χ0v) is 32.3. The molecule has 0 aliphatic heterocycles. The van der Waals surface area contributed by atoms with E-state index in [1.165, 1.54) is 49.6 Å². The summed E-state index contributed by atoms with van der Waals surface area (Å²) in [6, 6.07) is 24.4. The van der Waals surface area contributed by atoms with Gasteiger partial charge < -0.3 is 25.6 Å². The first-order valence-electron chi connectivity index (χ1n) is 16.6. The molecule has 294 valence electrons. The van der Waals surface area contributed by atoms with E-state index in [2.05, 4.69) is 46.0 Å². The largest absolute Gasteiger partial charge is 0.505 e. The summed E-state index contributed by atoms with van der Waals surface area (Å²) in [6.45, 7) is 1.86. The number of aromatic hydroxyl groups is 2. The first-order valence-corrected chi connectivity index (χ1v) is 19.9. The zero-order valence-electron chi connectivity index (χ0n) is 29.9. The first kappa shape index (κ1) is 39.4. The van der Waals surface area contributed by atoms with Gasteiger partial charge in [0.25, 0.3) is 20.2 Å². The maximum atomic E-state index is 12.8. The van der Waals surface area contributed by atoms with Crippen LogP contribution in [-0.4, -0.2) is 58.2 Å². The predicted octanol–water partition coefficient (Wildman–Crippen LogP) is 9.37. The molecule has 1 aromatic heterocycles. The van der Waals surface area contributed by atoms with Crippen molar-refractivity contribution in [1.29, 1.82) is 0 Å². The number of rotatable bonds is 11. The van der Waals surface area contributed by atoms with Crippen LogP contribution in [0.15, 0.2) is 127 Å². The number of benzene rings is 6. The number of hydrogen-bond donors (Lipinski definition) is 6. The fraction of sp³-hybridized carbons (Fsp3) is 0.0541. The van der Waals surface area contributed by atoms with Crippen molar-refractivity contribution in [3.05, 3.63) is 108 Å². The summed E-state index contributed by atoms with van der Waals surface area (Å²) < 4.78 is 76.1. The minimum atomic E-state index is -4.98. The molecule has 0 amide bonds. The molecule has 0 radical (unpaired) electrons. The Hall–Kier alpha value is -6.84. The van der Waals surface area contributed by atoms with Crippen molar-refractivity contribution in [3.63, 3.8) is 0 Å². The molecule has 0 fully saturated rings. The molecule has 0 saturated heterocycles. The van der Waals surface area contributed by atoms with Crippen molar-refractivity contribution in [2.75, 3.05) is 17.7 Å². The number of phenols is 2. The lowest BCUT2D eigenvalue weighted by atomic mass is 10.1. The molecule has 6 N–H and O–H groups in total. The van der Waals surface area contributed by atoms with Crippen LogP contribution in [0.5, 0.6) is 17.2 Å². The smallest absolute Gasteiger partial charge is 0.297 e. The lowest BCUT2D eigenvalue weighted by Crippen LogP contribution is -2.08. The van der Waals surface area contributed by atoms with E-state index < -0.39 is 47.2 Å². The van der Waals surface area contributed by atoms with Crippen LogP contribution in [0.3, 0.4) is 0 Å². The summed E-state index contributed by atoms with van der Waals surface area (Å²) in [5.41, 5.74) is 1.01. The van der Waals surface area contributed by atoms with E-state index in [9.17, 15) is 36.2 Å². The highest BCUT2D eigenvalue weighted by Gasteiger charge is 2.25. The van der Waals surface area contributed by atoms with Gasteiger partial charge in [-0.25, -0.2) is 0 Å². The fourth-order valence-corrected chi connectivity index (χ4v) is 7.52. The number of anilines is 4. The number of aromatic nitrogens is 3. The van der Waals surface area contributed by atoms with E-state index in [1.807, 2.05) is 6.92 Å². The number of phenolic OH excluding ortho intramolecular Hbond substituents is 2. The minimum Gasteiger partial charge on any atom is -0.505 e. The number of azo groups is 2. The molecule has 7 aromatic rings. The van der Waals surface area contributed by atoms with Gasteiger partial charge in [0, 0.05) is 16.2 Å². The standard InChI is InChI=1S/C37H28ClN9O9S2/c1-19-10-12-21(13-11-19)44-47-31-29(57(50,51)52)18-20-6-5-8-25(30(20)33(31)49)39-36-41-35(38)42-37(43-36)40-27-17-14-22-23(34(27)58(53,54)55)15-16-26(32(22)48)46-45-24-7-3-4-9-28(24)56-2/h3-18,48-49H,1-2H3,(H,50,51,52)(H,53,54,55)(H2,39,40,41,42,43)/b46-45+,47-44+. The lowest BCUT2D eigenvalue weighted by molar-refractivity contribution is 0.416. The summed E-state index contributed by atoms with van der Waals surface area (Å²) in [6.07, 6.45) is 0. The van der Waals surface area contributed by atoms with Gasteiger partial charge in [0.1, 0.15) is 32.6 Å². The van der Waals surface area contributed by atoms with Gasteiger partial charge in [-0.3, -0.25) is 9.11 Å². The highest BCUT2D eigenvalue weighted by atomic mass is 35.5. The van der Waals surface area contributed by atoms with Gasteiger partial charge in [0.2, 0.25) is 17.2 Å². The SMILES string of the molecule is COc1ccccc1/N=N/c1ccc2c(S(=O)(=O)O)c(Nc3nc(Cl)nc(Nc4cccc5cc(S(=O)(=O)O)c(/N=N/c6ccc(C)cc6)c(O)c45)n3)ccc2c1O. The quantitative estimate of drug-likeness (QED) is 0.0523. The number of nitrogens with one attached hydrogen (secondary N) is 2. The van der Waals surface area contributed by atoms with E-state index >= 15 is 0 Å². The molecule has 58 heavy (non-hydrogen) atoms. The molecule has 1 heterocycles. The molecule has 0 atom stereocenters. The molecule has 0 saturated carbocycles. The Morgan fingerprint density at radius 1 is 0.672 bits per heavy atom. The molecule has 0 aliphatic carbocycles. The Bertz CT molecular complexity index is 3060. The second-order valence-electron chi connectivity index (χ2n) is 12.3. The summed E-state index contributed by atoms with van der Waals surface area (Å²) >= 11 is 6.25. The fourth-order valence-electron chi connectivity index (χ4n) is 5.85. The van der Waals surface area contributed by atoms with E-state index in [0.29, 0.717) is 17.1 Å². The zero-order chi connectivity index (χ0) is 41.4. The number of aryl methyl sites for hydroxylation is 1. The molecule has 0 aliphatic rings. The van der Waals surface area contributed by atoms with Gasteiger partial charge in [0.05, 0.1) is 24.2 Å². The van der Waals surface area contributed by atoms with Crippen LogP contribution < -0.4 is 15.4 Å². The molecule has 6 aromatic carbocycles. The van der Waals surface area contributed by atoms with Crippen LogP contribution in [0, 0.1) is 6.92 Å². The number of fused-ring (bicyclic) bond motifs is 2. The second kappa shape index (κ2) is 15.6. The third kappa shape index (κ3) is 8.17. The Balaban J connectivity index is 1.25. The van der Waals surface area contributed by atoms with Gasteiger partial charge in [-0.15, -0.1) is 15.3 Å². The van der Waals surface area contributed by atoms with Gasteiger partial charge in [-0.05, 0) is 78.5 Å². The summed E-state index contributed by atoms with van der Waals surface area (Å²) in [7, 11) is -8.42. The van der Waals surface area contributed by atoms with Crippen molar-refractivity contribution < 1.29 is 40.9 Å². The first-order chi connectivity index (χ1) is 27.6. The third-order valence-electron chi connectivity index (χ3n) is 8.47. The maximum absolute atomic E-state index is 12.8. The molecule has 0 unspecified atom stereocenters. The Morgan fingerprint density at radius 3 is 2.03 bits per heavy atom. The van der Waals surface area contributed by atoms with Crippen molar-refractivity contribution in [2.45, 2.75) is 16.7 Å². The van der Waals surface area contributed by atoms with Crippen molar-refractivity contribution >= 4 is 99.4 Å². The van der Waals surface area contributed by atoms with Gasteiger partial charge >= 0.3 is 0 Å². The number of methoxy groups -OCH3 is 1. The topological polar surface area (TPSA) is 271 Å². The molecular formula is C37H28ClN9O9S2.